The van der Waals surface area contributed by atoms with E-state index in [2.05, 4.69) is 36.1 Å². The summed E-state index contributed by atoms with van der Waals surface area (Å²) >= 11 is 0. The fourth-order valence-corrected chi connectivity index (χ4v) is 5.17. The number of hydrogen-bond donors (Lipinski definition) is 1. The molecule has 200 valence electrons. The molecule has 1 aliphatic heterocycles. The number of halogens is 1. The van der Waals surface area contributed by atoms with E-state index in [9.17, 15) is 14.0 Å². The van der Waals surface area contributed by atoms with E-state index in [-0.39, 0.29) is 18.1 Å². The number of aromatic nitrogens is 1. The van der Waals surface area contributed by atoms with Crippen LogP contribution in [0.1, 0.15) is 40.7 Å². The molecule has 5 rings (SSSR count). The standard InChI is InChI=1S/C32H32FN3O3/c1-22-5-4-7-28(19-22)35-15-17-36(18-16-35)32(39)25-11-14-29-26(21-25)20-24(6-2-3-8-30(37)38)31(34-29)23-9-12-27(33)13-10-23/h4-5,7,9-14,19-21H,2-3,6,8,15-18H2,1H3,(H,37,38). The molecular weight excluding hydrogens is 493 g/mol. The second-order valence-corrected chi connectivity index (χ2v) is 10.1. The van der Waals surface area contributed by atoms with Crippen molar-refractivity contribution in [3.8, 4) is 11.3 Å². The molecule has 1 amide bonds. The van der Waals surface area contributed by atoms with Crippen molar-refractivity contribution in [3.63, 3.8) is 0 Å². The number of carbonyl (C=O) groups excluding carboxylic acids is 1. The smallest absolute Gasteiger partial charge is 0.303 e. The molecule has 39 heavy (non-hydrogen) atoms. The van der Waals surface area contributed by atoms with E-state index < -0.39 is 5.97 Å². The lowest BCUT2D eigenvalue weighted by atomic mass is 9.98. The quantitative estimate of drug-likeness (QED) is 0.281. The van der Waals surface area contributed by atoms with E-state index in [1.807, 2.05) is 29.2 Å². The molecule has 6 nitrogen and oxygen atoms in total. The summed E-state index contributed by atoms with van der Waals surface area (Å²) in [5.41, 5.74) is 6.30. The maximum absolute atomic E-state index is 13.6. The topological polar surface area (TPSA) is 73.7 Å². The average Bonchev–Trinajstić information content (AvgIpc) is 2.94. The van der Waals surface area contributed by atoms with Crippen molar-refractivity contribution in [1.82, 2.24) is 9.88 Å². The Morgan fingerprint density at radius 2 is 1.69 bits per heavy atom. The number of carboxylic acids is 1. The number of amides is 1. The summed E-state index contributed by atoms with van der Waals surface area (Å²) in [4.78, 5) is 33.5. The Labute approximate surface area is 227 Å². The Morgan fingerprint density at radius 1 is 0.923 bits per heavy atom. The fourth-order valence-electron chi connectivity index (χ4n) is 5.17. The molecular formula is C32H32FN3O3. The number of carbonyl (C=O) groups is 2. The number of benzene rings is 3. The van der Waals surface area contributed by atoms with Crippen LogP contribution in [0.4, 0.5) is 10.1 Å². The van der Waals surface area contributed by atoms with Gasteiger partial charge in [-0.15, -0.1) is 0 Å². The molecule has 0 aliphatic carbocycles. The molecule has 0 radical (unpaired) electrons. The van der Waals surface area contributed by atoms with Crippen LogP contribution in [-0.2, 0) is 11.2 Å². The van der Waals surface area contributed by atoms with Gasteiger partial charge in [0.05, 0.1) is 11.2 Å². The number of unbranched alkanes of at least 4 members (excludes halogenated alkanes) is 1. The van der Waals surface area contributed by atoms with Crippen molar-refractivity contribution in [2.45, 2.75) is 32.6 Å². The van der Waals surface area contributed by atoms with Crippen LogP contribution < -0.4 is 4.90 Å². The van der Waals surface area contributed by atoms with Gasteiger partial charge in [0.1, 0.15) is 5.82 Å². The molecule has 0 atom stereocenters. The van der Waals surface area contributed by atoms with Gasteiger partial charge in [-0.25, -0.2) is 9.37 Å². The van der Waals surface area contributed by atoms with Crippen molar-refractivity contribution < 1.29 is 19.1 Å². The number of rotatable bonds is 8. The predicted molar refractivity (Wildman–Crippen MR) is 152 cm³/mol. The summed E-state index contributed by atoms with van der Waals surface area (Å²) in [6, 6.07) is 22.3. The molecule has 7 heteroatoms. The molecule has 4 aromatic rings. The number of piperazine rings is 1. The van der Waals surface area contributed by atoms with Crippen LogP contribution in [0, 0.1) is 12.7 Å². The summed E-state index contributed by atoms with van der Waals surface area (Å²) < 4.78 is 13.6. The second kappa shape index (κ2) is 11.6. The van der Waals surface area contributed by atoms with Crippen LogP contribution in [0.3, 0.4) is 0 Å². The summed E-state index contributed by atoms with van der Waals surface area (Å²) in [5.74, 6) is -1.12. The first-order valence-electron chi connectivity index (χ1n) is 13.4. The summed E-state index contributed by atoms with van der Waals surface area (Å²) in [5, 5.41) is 9.86. The number of anilines is 1. The largest absolute Gasteiger partial charge is 0.481 e. The monoisotopic (exact) mass is 525 g/mol. The molecule has 0 unspecified atom stereocenters. The minimum absolute atomic E-state index is 0.00594. The van der Waals surface area contributed by atoms with Gasteiger partial charge >= 0.3 is 5.97 Å². The van der Waals surface area contributed by atoms with Crippen LogP contribution in [0.5, 0.6) is 0 Å². The van der Waals surface area contributed by atoms with Crippen molar-refractivity contribution in [1.29, 1.82) is 0 Å². The number of hydrogen-bond acceptors (Lipinski definition) is 4. The van der Waals surface area contributed by atoms with Crippen molar-refractivity contribution >= 4 is 28.5 Å². The molecule has 1 N–H and O–H groups in total. The Kier molecular flexibility index (Phi) is 7.87. The third-order valence-corrected chi connectivity index (χ3v) is 7.28. The van der Waals surface area contributed by atoms with E-state index in [4.69, 9.17) is 10.1 Å². The Hall–Kier alpha value is -4.26. The third kappa shape index (κ3) is 6.25. The normalized spacial score (nSPS) is 13.6. The lowest BCUT2D eigenvalue weighted by molar-refractivity contribution is -0.137. The maximum atomic E-state index is 13.6. The molecule has 0 spiro atoms. The average molecular weight is 526 g/mol. The zero-order valence-electron chi connectivity index (χ0n) is 22.1. The van der Waals surface area contributed by atoms with Crippen molar-refractivity contribution in [3.05, 3.63) is 95.3 Å². The second-order valence-electron chi connectivity index (χ2n) is 10.1. The Morgan fingerprint density at radius 3 is 2.41 bits per heavy atom. The Balaban J connectivity index is 1.36. The van der Waals surface area contributed by atoms with E-state index in [0.29, 0.717) is 37.9 Å². The number of pyridine rings is 1. The minimum atomic E-state index is -0.812. The highest BCUT2D eigenvalue weighted by atomic mass is 19.1. The van der Waals surface area contributed by atoms with Crippen LogP contribution in [0.25, 0.3) is 22.2 Å². The minimum Gasteiger partial charge on any atom is -0.481 e. The molecule has 0 saturated carbocycles. The summed E-state index contributed by atoms with van der Waals surface area (Å²) in [6.45, 7) is 4.96. The highest BCUT2D eigenvalue weighted by molar-refractivity contribution is 5.98. The first kappa shape index (κ1) is 26.4. The SMILES string of the molecule is Cc1cccc(N2CCN(C(=O)c3ccc4nc(-c5ccc(F)cc5)c(CCCCC(=O)O)cc4c3)CC2)c1. The van der Waals surface area contributed by atoms with Crippen LogP contribution in [-0.4, -0.2) is 53.0 Å². The van der Waals surface area contributed by atoms with Crippen LogP contribution >= 0.6 is 0 Å². The van der Waals surface area contributed by atoms with E-state index in [0.717, 1.165) is 40.8 Å². The van der Waals surface area contributed by atoms with Gasteiger partial charge in [0.25, 0.3) is 5.91 Å². The molecule has 1 aliphatic rings. The molecule has 3 aromatic carbocycles. The van der Waals surface area contributed by atoms with Crippen molar-refractivity contribution in [2.24, 2.45) is 0 Å². The van der Waals surface area contributed by atoms with Gasteiger partial charge in [0.2, 0.25) is 0 Å². The number of carboxylic acid groups (broad SMARTS) is 1. The predicted octanol–water partition coefficient (Wildman–Crippen LogP) is 6.11. The van der Waals surface area contributed by atoms with Gasteiger partial charge in [0, 0.05) is 54.8 Å². The van der Waals surface area contributed by atoms with Crippen LogP contribution in [0.15, 0.2) is 72.8 Å². The lowest BCUT2D eigenvalue weighted by Crippen LogP contribution is -2.48. The molecule has 0 bridgehead atoms. The van der Waals surface area contributed by atoms with Gasteiger partial charge in [-0.1, -0.05) is 12.1 Å². The van der Waals surface area contributed by atoms with Crippen LogP contribution in [0.2, 0.25) is 0 Å². The molecule has 1 fully saturated rings. The number of aliphatic carboxylic acids is 1. The third-order valence-electron chi connectivity index (χ3n) is 7.28. The van der Waals surface area contributed by atoms with E-state index in [1.54, 1.807) is 12.1 Å². The van der Waals surface area contributed by atoms with E-state index in [1.165, 1.54) is 23.4 Å². The summed E-state index contributed by atoms with van der Waals surface area (Å²) in [7, 11) is 0. The van der Waals surface area contributed by atoms with Gasteiger partial charge in [-0.05, 0) is 98.0 Å². The lowest BCUT2D eigenvalue weighted by Gasteiger charge is -2.36. The zero-order chi connectivity index (χ0) is 27.4. The van der Waals surface area contributed by atoms with E-state index >= 15 is 0 Å². The first-order valence-corrected chi connectivity index (χ1v) is 13.4. The van der Waals surface area contributed by atoms with Crippen molar-refractivity contribution in [2.75, 3.05) is 31.1 Å². The number of aryl methyl sites for hydroxylation is 2. The highest BCUT2D eigenvalue weighted by Gasteiger charge is 2.23. The molecule has 2 heterocycles. The first-order chi connectivity index (χ1) is 18.9. The van der Waals surface area contributed by atoms with Gasteiger partial charge in [-0.2, -0.15) is 0 Å². The Bertz CT molecular complexity index is 1490. The zero-order valence-corrected chi connectivity index (χ0v) is 22.1. The fraction of sp³-hybridized carbons (Fsp3) is 0.281. The highest BCUT2D eigenvalue weighted by Crippen LogP contribution is 2.29. The number of fused-ring (bicyclic) bond motifs is 1. The van der Waals surface area contributed by atoms with Gasteiger partial charge in [-0.3, -0.25) is 9.59 Å². The summed E-state index contributed by atoms with van der Waals surface area (Å²) in [6.07, 6.45) is 2.01. The maximum Gasteiger partial charge on any atom is 0.303 e. The number of nitrogens with zero attached hydrogens (tertiary/aromatic N) is 3. The van der Waals surface area contributed by atoms with Gasteiger partial charge in [0.15, 0.2) is 0 Å². The van der Waals surface area contributed by atoms with Gasteiger partial charge < -0.3 is 14.9 Å². The molecule has 1 saturated heterocycles. The molecule has 1 aromatic heterocycles.